The average molecular weight is 367 g/mol. The van der Waals surface area contributed by atoms with Gasteiger partial charge in [-0.1, -0.05) is 48.6 Å². The molecule has 136 valence electrons. The molecule has 2 aromatic rings. The molecule has 1 amide bonds. The maximum absolute atomic E-state index is 12.9. The lowest BCUT2D eigenvalue weighted by atomic mass is 10.1. The highest BCUT2D eigenvalue weighted by Crippen LogP contribution is 2.21. The highest BCUT2D eigenvalue weighted by Gasteiger charge is 2.22. The van der Waals surface area contributed by atoms with Gasteiger partial charge in [-0.3, -0.25) is 9.69 Å². The maximum Gasteiger partial charge on any atom is 0.254 e. The summed E-state index contributed by atoms with van der Waals surface area (Å²) >= 11 is 1.68. The van der Waals surface area contributed by atoms with Crippen LogP contribution in [0.1, 0.15) is 21.5 Å². The highest BCUT2D eigenvalue weighted by atomic mass is 32.2. The van der Waals surface area contributed by atoms with E-state index in [9.17, 15) is 4.79 Å². The van der Waals surface area contributed by atoms with E-state index in [4.69, 9.17) is 0 Å². The summed E-state index contributed by atoms with van der Waals surface area (Å²) in [6, 6.07) is 16.5. The largest absolute Gasteiger partial charge is 0.336 e. The monoisotopic (exact) mass is 366 g/mol. The Morgan fingerprint density at radius 2 is 1.81 bits per heavy atom. The van der Waals surface area contributed by atoms with Crippen molar-refractivity contribution in [2.45, 2.75) is 11.8 Å². The van der Waals surface area contributed by atoms with Crippen LogP contribution in [-0.2, 0) is 0 Å². The molecule has 0 spiro atoms. The Bertz CT molecular complexity index is 765. The minimum Gasteiger partial charge on any atom is -0.336 e. The normalized spacial score (nSPS) is 15.5. The molecule has 1 saturated heterocycles. The molecule has 1 fully saturated rings. The summed E-state index contributed by atoms with van der Waals surface area (Å²) in [6.07, 6.45) is 6.41. The third-order valence-corrected chi connectivity index (χ3v) is 5.53. The Hall–Kier alpha value is -2.04. The third-order valence-electron chi connectivity index (χ3n) is 4.81. The van der Waals surface area contributed by atoms with Gasteiger partial charge in [0.05, 0.1) is 0 Å². The zero-order valence-corrected chi connectivity index (χ0v) is 16.3. The fraction of sp³-hybridized carbons (Fsp3) is 0.318. The lowest BCUT2D eigenvalue weighted by molar-refractivity contribution is 0.0649. The first-order valence-corrected chi connectivity index (χ1v) is 10.3. The predicted molar refractivity (Wildman–Crippen MR) is 111 cm³/mol. The molecule has 0 bridgehead atoms. The minimum absolute atomic E-state index is 0.165. The van der Waals surface area contributed by atoms with E-state index in [-0.39, 0.29) is 5.91 Å². The lowest BCUT2D eigenvalue weighted by Crippen LogP contribution is -2.48. The first-order chi connectivity index (χ1) is 12.7. The van der Waals surface area contributed by atoms with E-state index in [0.717, 1.165) is 48.7 Å². The summed E-state index contributed by atoms with van der Waals surface area (Å²) in [4.78, 5) is 18.4. The Morgan fingerprint density at radius 3 is 2.50 bits per heavy atom. The SMILES string of the molecule is CSc1ccc(C)c(C(=O)N2CCN(C/C=C/c3ccccc3)CC2)c1. The molecule has 2 aromatic carbocycles. The molecule has 0 aromatic heterocycles. The molecule has 0 N–H and O–H groups in total. The number of amides is 1. The van der Waals surface area contributed by atoms with E-state index in [1.165, 1.54) is 5.56 Å². The van der Waals surface area contributed by atoms with Crippen LogP contribution in [0.25, 0.3) is 6.08 Å². The van der Waals surface area contributed by atoms with E-state index in [2.05, 4.69) is 47.4 Å². The molecule has 3 nitrogen and oxygen atoms in total. The molecule has 1 aliphatic rings. The predicted octanol–water partition coefficient (Wildman–Crippen LogP) is 4.19. The van der Waals surface area contributed by atoms with Crippen molar-refractivity contribution in [3.63, 3.8) is 0 Å². The highest BCUT2D eigenvalue weighted by molar-refractivity contribution is 7.98. The molecule has 0 aliphatic carbocycles. The van der Waals surface area contributed by atoms with Gasteiger partial charge in [0.15, 0.2) is 0 Å². The van der Waals surface area contributed by atoms with Crippen LogP contribution < -0.4 is 0 Å². The summed E-state index contributed by atoms with van der Waals surface area (Å²) in [5, 5.41) is 0. The Morgan fingerprint density at radius 1 is 1.08 bits per heavy atom. The van der Waals surface area contributed by atoms with Gasteiger partial charge in [0.1, 0.15) is 0 Å². The molecular weight excluding hydrogens is 340 g/mol. The molecule has 0 atom stereocenters. The number of hydrogen-bond acceptors (Lipinski definition) is 3. The fourth-order valence-corrected chi connectivity index (χ4v) is 3.60. The van der Waals surface area contributed by atoms with Crippen molar-refractivity contribution >= 4 is 23.7 Å². The van der Waals surface area contributed by atoms with E-state index >= 15 is 0 Å². The second kappa shape index (κ2) is 9.06. The van der Waals surface area contributed by atoms with E-state index in [1.807, 2.05) is 36.3 Å². The summed E-state index contributed by atoms with van der Waals surface area (Å²) < 4.78 is 0. The molecule has 3 rings (SSSR count). The Labute approximate surface area is 160 Å². The number of thioether (sulfide) groups is 1. The van der Waals surface area contributed by atoms with Crippen LogP contribution in [0.15, 0.2) is 59.5 Å². The number of hydrogen-bond donors (Lipinski definition) is 0. The van der Waals surface area contributed by atoms with Crippen LogP contribution in [-0.4, -0.2) is 54.7 Å². The molecule has 0 radical (unpaired) electrons. The van der Waals surface area contributed by atoms with Gasteiger partial charge < -0.3 is 4.90 Å². The number of nitrogens with zero attached hydrogens (tertiary/aromatic N) is 2. The van der Waals surface area contributed by atoms with Crippen molar-refractivity contribution in [3.8, 4) is 0 Å². The second-order valence-electron chi connectivity index (χ2n) is 6.59. The molecule has 26 heavy (non-hydrogen) atoms. The quantitative estimate of drug-likeness (QED) is 0.742. The lowest BCUT2D eigenvalue weighted by Gasteiger charge is -2.34. The average Bonchev–Trinajstić information content (AvgIpc) is 2.69. The summed E-state index contributed by atoms with van der Waals surface area (Å²) in [5.74, 6) is 0.165. The van der Waals surface area contributed by atoms with Gasteiger partial charge in [0.25, 0.3) is 5.91 Å². The van der Waals surface area contributed by atoms with Crippen molar-refractivity contribution in [3.05, 3.63) is 71.3 Å². The molecule has 4 heteroatoms. The van der Waals surface area contributed by atoms with Gasteiger partial charge in [0.2, 0.25) is 0 Å². The smallest absolute Gasteiger partial charge is 0.254 e. The van der Waals surface area contributed by atoms with Crippen LogP contribution in [0.4, 0.5) is 0 Å². The molecule has 0 saturated carbocycles. The number of piperazine rings is 1. The Balaban J connectivity index is 1.53. The van der Waals surface area contributed by atoms with Gasteiger partial charge >= 0.3 is 0 Å². The van der Waals surface area contributed by atoms with Crippen LogP contribution in [0, 0.1) is 6.92 Å². The van der Waals surface area contributed by atoms with Gasteiger partial charge in [-0.15, -0.1) is 11.8 Å². The van der Waals surface area contributed by atoms with Crippen molar-refractivity contribution < 1.29 is 4.79 Å². The van der Waals surface area contributed by atoms with Crippen molar-refractivity contribution in [1.82, 2.24) is 9.80 Å². The van der Waals surface area contributed by atoms with Crippen molar-refractivity contribution in [2.75, 3.05) is 39.0 Å². The van der Waals surface area contributed by atoms with E-state index in [1.54, 1.807) is 11.8 Å². The topological polar surface area (TPSA) is 23.6 Å². The molecular formula is C22H26N2OS. The number of carbonyl (C=O) groups is 1. The van der Waals surface area contributed by atoms with Crippen LogP contribution in [0.2, 0.25) is 0 Å². The molecule has 1 aliphatic heterocycles. The first-order valence-electron chi connectivity index (χ1n) is 9.05. The van der Waals surface area contributed by atoms with Crippen LogP contribution >= 0.6 is 11.8 Å². The van der Waals surface area contributed by atoms with Gasteiger partial charge in [0, 0.05) is 43.2 Å². The van der Waals surface area contributed by atoms with E-state index in [0.29, 0.717) is 0 Å². The van der Waals surface area contributed by atoms with Crippen LogP contribution in [0.3, 0.4) is 0 Å². The van der Waals surface area contributed by atoms with Crippen molar-refractivity contribution in [2.24, 2.45) is 0 Å². The van der Waals surface area contributed by atoms with E-state index < -0.39 is 0 Å². The van der Waals surface area contributed by atoms with Gasteiger partial charge in [-0.2, -0.15) is 0 Å². The van der Waals surface area contributed by atoms with Gasteiger partial charge in [-0.05, 0) is 36.4 Å². The number of benzene rings is 2. The zero-order valence-electron chi connectivity index (χ0n) is 15.5. The molecule has 1 heterocycles. The minimum atomic E-state index is 0.165. The summed E-state index contributed by atoms with van der Waals surface area (Å²) in [7, 11) is 0. The van der Waals surface area contributed by atoms with Crippen molar-refractivity contribution in [1.29, 1.82) is 0 Å². The summed E-state index contributed by atoms with van der Waals surface area (Å²) in [6.45, 7) is 6.38. The standard InChI is InChI=1S/C22H26N2OS/c1-18-10-11-20(26-2)17-21(18)22(25)24-15-13-23(14-16-24)12-6-9-19-7-4-3-5-8-19/h3-11,17H,12-16H2,1-2H3/b9-6+. The summed E-state index contributed by atoms with van der Waals surface area (Å²) in [5.41, 5.74) is 3.13. The van der Waals surface area contributed by atoms with Gasteiger partial charge in [-0.25, -0.2) is 0 Å². The second-order valence-corrected chi connectivity index (χ2v) is 7.47. The number of rotatable bonds is 5. The zero-order chi connectivity index (χ0) is 18.4. The number of aryl methyl sites for hydroxylation is 1. The maximum atomic E-state index is 12.9. The first kappa shape index (κ1) is 18.7. The number of carbonyl (C=O) groups excluding carboxylic acids is 1. The van der Waals surface area contributed by atoms with Crippen LogP contribution in [0.5, 0.6) is 0 Å². The molecule has 0 unspecified atom stereocenters. The third kappa shape index (κ3) is 4.77. The fourth-order valence-electron chi connectivity index (χ4n) is 3.16. The Kier molecular flexibility index (Phi) is 6.53.